The van der Waals surface area contributed by atoms with Gasteiger partial charge in [-0.25, -0.2) is 0 Å². The van der Waals surface area contributed by atoms with Gasteiger partial charge in [-0.05, 0) is 36.5 Å². The van der Waals surface area contributed by atoms with Crippen LogP contribution in [0.5, 0.6) is 0 Å². The minimum atomic E-state index is 0.829. The molecule has 0 N–H and O–H groups in total. The Bertz CT molecular complexity index is 145. The van der Waals surface area contributed by atoms with Crippen molar-refractivity contribution in [2.45, 2.75) is 39.0 Å². The maximum atomic E-state index is 3.60. The first kappa shape index (κ1) is 8.10. The molecule has 2 aliphatic carbocycles. The van der Waals surface area contributed by atoms with Crippen molar-refractivity contribution in [2.75, 3.05) is 5.33 Å². The van der Waals surface area contributed by atoms with Crippen molar-refractivity contribution in [1.29, 1.82) is 0 Å². The number of hydrogen-bond donors (Lipinski definition) is 0. The predicted molar refractivity (Wildman–Crippen MR) is 52.0 cm³/mol. The highest BCUT2D eigenvalue weighted by molar-refractivity contribution is 9.09. The highest BCUT2D eigenvalue weighted by Crippen LogP contribution is 2.62. The van der Waals surface area contributed by atoms with Gasteiger partial charge in [-0.3, -0.25) is 0 Å². The molecule has 0 radical (unpaired) electrons. The highest BCUT2D eigenvalue weighted by atomic mass is 79.9. The lowest BCUT2D eigenvalue weighted by Gasteiger charge is -2.26. The monoisotopic (exact) mass is 216 g/mol. The third-order valence-electron chi connectivity index (χ3n) is 3.82. The first-order chi connectivity index (χ1) is 5.27. The molecule has 0 aromatic rings. The third kappa shape index (κ3) is 1.37. The van der Waals surface area contributed by atoms with Crippen molar-refractivity contribution in [3.8, 4) is 0 Å². The molecule has 1 heteroatoms. The van der Waals surface area contributed by atoms with E-state index in [9.17, 15) is 0 Å². The number of alkyl halides is 1. The van der Waals surface area contributed by atoms with Gasteiger partial charge in [-0.15, -0.1) is 0 Å². The Balaban J connectivity index is 1.89. The first-order valence-corrected chi connectivity index (χ1v) is 5.95. The van der Waals surface area contributed by atoms with Crippen LogP contribution in [-0.2, 0) is 0 Å². The van der Waals surface area contributed by atoms with E-state index in [1.807, 2.05) is 0 Å². The van der Waals surface area contributed by atoms with Gasteiger partial charge in [0.2, 0.25) is 0 Å². The summed E-state index contributed by atoms with van der Waals surface area (Å²) < 4.78 is 0. The van der Waals surface area contributed by atoms with Crippen LogP contribution in [0.3, 0.4) is 0 Å². The van der Waals surface area contributed by atoms with Gasteiger partial charge in [-0.2, -0.15) is 0 Å². The van der Waals surface area contributed by atoms with E-state index in [0.717, 1.165) is 17.3 Å². The van der Waals surface area contributed by atoms with Crippen LogP contribution in [0.1, 0.15) is 39.0 Å². The standard InChI is InChI=1S/C10H17Br/c1-8-2-4-10(5-3-8)6-9(10)7-11/h8-9H,2-7H2,1H3. The summed E-state index contributed by atoms with van der Waals surface area (Å²) in [5.41, 5.74) is 0.829. The average Bonchev–Trinajstić information content (AvgIpc) is 2.71. The molecule has 2 aliphatic rings. The topological polar surface area (TPSA) is 0 Å². The lowest BCUT2D eigenvalue weighted by atomic mass is 9.79. The zero-order valence-electron chi connectivity index (χ0n) is 7.28. The van der Waals surface area contributed by atoms with E-state index in [-0.39, 0.29) is 0 Å². The van der Waals surface area contributed by atoms with E-state index in [1.165, 1.54) is 37.4 Å². The Morgan fingerprint density at radius 1 is 1.36 bits per heavy atom. The fourth-order valence-corrected chi connectivity index (χ4v) is 3.52. The van der Waals surface area contributed by atoms with Crippen LogP contribution in [0, 0.1) is 17.3 Å². The van der Waals surface area contributed by atoms with Crippen LogP contribution in [0.25, 0.3) is 0 Å². The molecule has 2 fully saturated rings. The van der Waals surface area contributed by atoms with Crippen molar-refractivity contribution in [3.05, 3.63) is 0 Å². The summed E-state index contributed by atoms with van der Waals surface area (Å²) in [6.07, 6.45) is 7.53. The minimum Gasteiger partial charge on any atom is -0.0925 e. The van der Waals surface area contributed by atoms with Gasteiger partial charge in [0.1, 0.15) is 0 Å². The molecule has 0 saturated heterocycles. The maximum Gasteiger partial charge on any atom is 0.00651 e. The van der Waals surface area contributed by atoms with Crippen LogP contribution < -0.4 is 0 Å². The molecule has 11 heavy (non-hydrogen) atoms. The van der Waals surface area contributed by atoms with E-state index >= 15 is 0 Å². The summed E-state index contributed by atoms with van der Waals surface area (Å²) in [6, 6.07) is 0. The van der Waals surface area contributed by atoms with Gasteiger partial charge in [-0.1, -0.05) is 35.7 Å². The fourth-order valence-electron chi connectivity index (χ4n) is 2.60. The van der Waals surface area contributed by atoms with Crippen molar-refractivity contribution in [1.82, 2.24) is 0 Å². The second kappa shape index (κ2) is 2.76. The molecular formula is C10H17Br. The van der Waals surface area contributed by atoms with Crippen molar-refractivity contribution < 1.29 is 0 Å². The smallest absolute Gasteiger partial charge is 0.00651 e. The summed E-state index contributed by atoms with van der Waals surface area (Å²) in [5, 5.41) is 1.25. The number of halogens is 1. The van der Waals surface area contributed by atoms with Gasteiger partial charge < -0.3 is 0 Å². The summed E-state index contributed by atoms with van der Waals surface area (Å²) >= 11 is 3.60. The lowest BCUT2D eigenvalue weighted by Crippen LogP contribution is -2.15. The van der Waals surface area contributed by atoms with Gasteiger partial charge in [0.15, 0.2) is 0 Å². The Morgan fingerprint density at radius 3 is 2.45 bits per heavy atom. The lowest BCUT2D eigenvalue weighted by molar-refractivity contribution is 0.256. The van der Waals surface area contributed by atoms with E-state index in [2.05, 4.69) is 22.9 Å². The molecule has 1 unspecified atom stereocenters. The maximum absolute atomic E-state index is 3.60. The van der Waals surface area contributed by atoms with Crippen LogP contribution in [-0.4, -0.2) is 5.33 Å². The third-order valence-corrected chi connectivity index (χ3v) is 4.60. The molecule has 64 valence electrons. The van der Waals surface area contributed by atoms with Crippen LogP contribution in [0.2, 0.25) is 0 Å². The normalized spacial score (nSPS) is 49.6. The second-order valence-electron chi connectivity index (χ2n) is 4.60. The first-order valence-electron chi connectivity index (χ1n) is 4.83. The largest absolute Gasteiger partial charge is 0.0925 e. The van der Waals surface area contributed by atoms with Crippen molar-refractivity contribution >= 4 is 15.9 Å². The SMILES string of the molecule is CC1CCC2(CC1)CC2CBr. The summed E-state index contributed by atoms with van der Waals surface area (Å²) in [5.74, 6) is 2.05. The Hall–Kier alpha value is 0.480. The van der Waals surface area contributed by atoms with E-state index in [1.54, 1.807) is 0 Å². The van der Waals surface area contributed by atoms with Crippen LogP contribution in [0.4, 0.5) is 0 Å². The van der Waals surface area contributed by atoms with Gasteiger partial charge in [0.05, 0.1) is 0 Å². The zero-order valence-corrected chi connectivity index (χ0v) is 8.86. The molecular weight excluding hydrogens is 200 g/mol. The fraction of sp³-hybridized carbons (Fsp3) is 1.00. The molecule has 0 aliphatic heterocycles. The molecule has 0 aromatic carbocycles. The van der Waals surface area contributed by atoms with Crippen LogP contribution >= 0.6 is 15.9 Å². The predicted octanol–water partition coefficient (Wildman–Crippen LogP) is 3.60. The second-order valence-corrected chi connectivity index (χ2v) is 5.25. The Kier molecular flexibility index (Phi) is 2.03. The number of rotatable bonds is 1. The van der Waals surface area contributed by atoms with Crippen molar-refractivity contribution in [3.63, 3.8) is 0 Å². The molecule has 0 amide bonds. The quantitative estimate of drug-likeness (QED) is 0.588. The highest BCUT2D eigenvalue weighted by Gasteiger charge is 2.53. The Labute approximate surface area is 77.9 Å². The van der Waals surface area contributed by atoms with Gasteiger partial charge in [0, 0.05) is 5.33 Å². The zero-order chi connectivity index (χ0) is 7.90. The summed E-state index contributed by atoms with van der Waals surface area (Å²) in [6.45, 7) is 2.40. The van der Waals surface area contributed by atoms with Gasteiger partial charge >= 0.3 is 0 Å². The molecule has 0 nitrogen and oxygen atoms in total. The molecule has 2 rings (SSSR count). The molecule has 0 heterocycles. The van der Waals surface area contributed by atoms with E-state index in [0.29, 0.717) is 0 Å². The van der Waals surface area contributed by atoms with E-state index in [4.69, 9.17) is 0 Å². The van der Waals surface area contributed by atoms with Crippen LogP contribution in [0.15, 0.2) is 0 Å². The molecule has 0 bridgehead atoms. The van der Waals surface area contributed by atoms with Gasteiger partial charge in [0.25, 0.3) is 0 Å². The Morgan fingerprint density at radius 2 is 2.00 bits per heavy atom. The molecule has 1 spiro atoms. The molecule has 2 saturated carbocycles. The van der Waals surface area contributed by atoms with Crippen molar-refractivity contribution in [2.24, 2.45) is 17.3 Å². The summed E-state index contributed by atoms with van der Waals surface area (Å²) in [4.78, 5) is 0. The average molecular weight is 217 g/mol. The summed E-state index contributed by atoms with van der Waals surface area (Å²) in [7, 11) is 0. The van der Waals surface area contributed by atoms with E-state index < -0.39 is 0 Å². The minimum absolute atomic E-state index is 0.829. The molecule has 1 atom stereocenters. The number of hydrogen-bond acceptors (Lipinski definition) is 0. The molecule has 0 aromatic heterocycles.